The largest absolute Gasteiger partial charge is 0.463 e. The standard InChI is InChI=1S/C16H13F2N3O2S/c1-2-23-16(22)10-8-20-14(15-19-5-6-24-15)21-13(10)9-3-4-11(17)12(18)7-9/h3-8,13H,2H2,1H3,(H,20,21)/t13-/m0/s1. The van der Waals surface area contributed by atoms with Crippen molar-refractivity contribution in [3.8, 4) is 0 Å². The van der Waals surface area contributed by atoms with Gasteiger partial charge < -0.3 is 10.1 Å². The second kappa shape index (κ2) is 6.88. The Bertz CT molecular complexity index is 819. The van der Waals surface area contributed by atoms with E-state index in [0.717, 1.165) is 12.1 Å². The van der Waals surface area contributed by atoms with Crippen LogP contribution in [0, 0.1) is 11.6 Å². The maximum absolute atomic E-state index is 13.6. The van der Waals surface area contributed by atoms with Gasteiger partial charge in [-0.3, -0.25) is 4.99 Å². The molecule has 0 unspecified atom stereocenters. The zero-order valence-corrected chi connectivity index (χ0v) is 13.4. The van der Waals surface area contributed by atoms with Crippen LogP contribution in [0.4, 0.5) is 8.78 Å². The van der Waals surface area contributed by atoms with Crippen molar-refractivity contribution in [1.29, 1.82) is 0 Å². The monoisotopic (exact) mass is 349 g/mol. The van der Waals surface area contributed by atoms with E-state index in [4.69, 9.17) is 4.74 Å². The van der Waals surface area contributed by atoms with Crippen LogP contribution in [0.1, 0.15) is 23.5 Å². The van der Waals surface area contributed by atoms with Gasteiger partial charge in [0.1, 0.15) is 6.04 Å². The fourth-order valence-electron chi connectivity index (χ4n) is 2.24. The molecule has 0 amide bonds. The Morgan fingerprint density at radius 1 is 1.38 bits per heavy atom. The highest BCUT2D eigenvalue weighted by Gasteiger charge is 2.28. The number of esters is 1. The zero-order valence-electron chi connectivity index (χ0n) is 12.6. The van der Waals surface area contributed by atoms with Gasteiger partial charge in [-0.25, -0.2) is 18.6 Å². The van der Waals surface area contributed by atoms with Gasteiger partial charge in [0.25, 0.3) is 0 Å². The summed E-state index contributed by atoms with van der Waals surface area (Å²) in [4.78, 5) is 20.7. The molecular weight excluding hydrogens is 336 g/mol. The van der Waals surface area contributed by atoms with Crippen LogP contribution >= 0.6 is 11.3 Å². The molecule has 0 radical (unpaired) electrons. The minimum Gasteiger partial charge on any atom is -0.463 e. The van der Waals surface area contributed by atoms with Crippen LogP contribution in [0.3, 0.4) is 0 Å². The van der Waals surface area contributed by atoms with E-state index in [1.807, 2.05) is 0 Å². The van der Waals surface area contributed by atoms with Crippen LogP contribution in [-0.2, 0) is 9.53 Å². The van der Waals surface area contributed by atoms with Crippen molar-refractivity contribution in [2.45, 2.75) is 13.0 Å². The lowest BCUT2D eigenvalue weighted by atomic mass is 9.98. The predicted octanol–water partition coefficient (Wildman–Crippen LogP) is 2.96. The molecule has 0 aliphatic carbocycles. The molecule has 5 nitrogen and oxygen atoms in total. The van der Waals surface area contributed by atoms with Crippen molar-refractivity contribution in [2.75, 3.05) is 6.61 Å². The van der Waals surface area contributed by atoms with Crippen LogP contribution in [0.25, 0.3) is 0 Å². The van der Waals surface area contributed by atoms with Gasteiger partial charge in [-0.15, -0.1) is 11.3 Å². The first-order valence-electron chi connectivity index (χ1n) is 7.16. The number of benzene rings is 1. The highest BCUT2D eigenvalue weighted by molar-refractivity contribution is 7.11. The molecule has 8 heteroatoms. The summed E-state index contributed by atoms with van der Waals surface area (Å²) >= 11 is 1.37. The van der Waals surface area contributed by atoms with Crippen molar-refractivity contribution >= 4 is 23.1 Å². The summed E-state index contributed by atoms with van der Waals surface area (Å²) in [5.41, 5.74) is 0.562. The number of thiazole rings is 1. The summed E-state index contributed by atoms with van der Waals surface area (Å²) < 4.78 is 31.8. The maximum Gasteiger partial charge on any atom is 0.338 e. The number of aromatic nitrogens is 1. The number of aliphatic imine (C=N–C) groups is 1. The number of ether oxygens (including phenoxy) is 1. The van der Waals surface area contributed by atoms with Crippen LogP contribution in [0.2, 0.25) is 0 Å². The average Bonchev–Trinajstić information content (AvgIpc) is 3.11. The topological polar surface area (TPSA) is 63.6 Å². The molecule has 124 valence electrons. The second-order valence-corrected chi connectivity index (χ2v) is 5.75. The lowest BCUT2D eigenvalue weighted by Crippen LogP contribution is -2.29. The minimum atomic E-state index is -1.000. The molecule has 0 spiro atoms. The van der Waals surface area contributed by atoms with Crippen molar-refractivity contribution in [1.82, 2.24) is 10.3 Å². The normalized spacial score (nSPS) is 16.9. The average molecular weight is 349 g/mol. The maximum atomic E-state index is 13.6. The van der Waals surface area contributed by atoms with Gasteiger partial charge in [0.15, 0.2) is 22.5 Å². The Morgan fingerprint density at radius 2 is 2.21 bits per heavy atom. The van der Waals surface area contributed by atoms with E-state index < -0.39 is 23.6 Å². The molecule has 1 N–H and O–H groups in total. The van der Waals surface area contributed by atoms with Crippen LogP contribution in [-0.4, -0.2) is 23.4 Å². The number of halogens is 2. The molecular formula is C16H13F2N3O2S. The molecule has 0 bridgehead atoms. The van der Waals surface area contributed by atoms with Crippen molar-refractivity contribution < 1.29 is 18.3 Å². The van der Waals surface area contributed by atoms with Gasteiger partial charge >= 0.3 is 5.97 Å². The Balaban J connectivity index is 2.02. The molecule has 2 heterocycles. The van der Waals surface area contributed by atoms with Crippen molar-refractivity contribution in [2.24, 2.45) is 4.99 Å². The van der Waals surface area contributed by atoms with Gasteiger partial charge in [-0.2, -0.15) is 0 Å². The molecule has 0 saturated carbocycles. The number of amidine groups is 1. The van der Waals surface area contributed by atoms with E-state index in [1.165, 1.54) is 23.6 Å². The van der Waals surface area contributed by atoms with E-state index in [1.54, 1.807) is 18.5 Å². The number of carbonyl (C=O) groups excluding carboxylic acids is 1. The molecule has 2 aromatic rings. The molecule has 0 fully saturated rings. The van der Waals surface area contributed by atoms with Crippen molar-refractivity contribution in [3.63, 3.8) is 0 Å². The summed E-state index contributed by atoms with van der Waals surface area (Å²) in [5.74, 6) is -2.08. The second-order valence-electron chi connectivity index (χ2n) is 4.86. The van der Waals surface area contributed by atoms with Gasteiger partial charge in [0, 0.05) is 17.8 Å². The third-order valence-corrected chi connectivity index (χ3v) is 4.10. The summed E-state index contributed by atoms with van der Waals surface area (Å²) in [6, 6.07) is 2.62. The van der Waals surface area contributed by atoms with Crippen LogP contribution in [0.15, 0.2) is 46.5 Å². The SMILES string of the molecule is CCOC(=O)C1=CNC(c2nccs2)=N[C@H]1c1ccc(F)c(F)c1. The Kier molecular flexibility index (Phi) is 4.66. The number of carbonyl (C=O) groups is 1. The molecule has 24 heavy (non-hydrogen) atoms. The zero-order chi connectivity index (χ0) is 17.1. The van der Waals surface area contributed by atoms with E-state index >= 15 is 0 Å². The van der Waals surface area contributed by atoms with Crippen LogP contribution in [0.5, 0.6) is 0 Å². The Morgan fingerprint density at radius 3 is 2.88 bits per heavy atom. The van der Waals surface area contributed by atoms with Crippen LogP contribution < -0.4 is 5.32 Å². The first-order chi connectivity index (χ1) is 11.6. The van der Waals surface area contributed by atoms with E-state index in [2.05, 4.69) is 15.3 Å². The molecule has 0 saturated heterocycles. The first-order valence-corrected chi connectivity index (χ1v) is 8.04. The number of hydrogen-bond acceptors (Lipinski definition) is 6. The third kappa shape index (κ3) is 3.18. The molecule has 1 aliphatic rings. The third-order valence-electron chi connectivity index (χ3n) is 3.32. The van der Waals surface area contributed by atoms with Gasteiger partial charge in [-0.1, -0.05) is 6.07 Å². The van der Waals surface area contributed by atoms with Crippen molar-refractivity contribution in [3.05, 3.63) is 63.8 Å². The highest BCUT2D eigenvalue weighted by Crippen LogP contribution is 2.30. The number of hydrogen-bond donors (Lipinski definition) is 1. The number of nitrogens with one attached hydrogen (secondary N) is 1. The fraction of sp³-hybridized carbons (Fsp3) is 0.188. The molecule has 1 aromatic heterocycles. The quantitative estimate of drug-likeness (QED) is 0.862. The van der Waals surface area contributed by atoms with Gasteiger partial charge in [0.05, 0.1) is 12.2 Å². The first kappa shape index (κ1) is 16.3. The summed E-state index contributed by atoms with van der Waals surface area (Å²) in [6.07, 6.45) is 3.09. The van der Waals surface area contributed by atoms with Gasteiger partial charge in [-0.05, 0) is 24.6 Å². The minimum absolute atomic E-state index is 0.198. The van der Waals surface area contributed by atoms with Gasteiger partial charge in [0.2, 0.25) is 0 Å². The lowest BCUT2D eigenvalue weighted by molar-refractivity contribution is -0.138. The molecule has 1 aromatic carbocycles. The Hall–Kier alpha value is -2.61. The summed E-state index contributed by atoms with van der Waals surface area (Å²) in [5, 5.41) is 5.32. The molecule has 3 rings (SSSR count). The Labute approximate surface area is 140 Å². The summed E-state index contributed by atoms with van der Waals surface area (Å²) in [6.45, 7) is 1.88. The van der Waals surface area contributed by atoms with E-state index in [0.29, 0.717) is 16.4 Å². The highest BCUT2D eigenvalue weighted by atomic mass is 32.1. The molecule has 1 aliphatic heterocycles. The number of nitrogens with zero attached hydrogens (tertiary/aromatic N) is 2. The number of rotatable bonds is 4. The summed E-state index contributed by atoms with van der Waals surface area (Å²) in [7, 11) is 0. The fourth-order valence-corrected chi connectivity index (χ4v) is 2.84. The van der Waals surface area contributed by atoms with E-state index in [-0.39, 0.29) is 12.2 Å². The van der Waals surface area contributed by atoms with E-state index in [9.17, 15) is 13.6 Å². The lowest BCUT2D eigenvalue weighted by Gasteiger charge is -2.22. The predicted molar refractivity (Wildman–Crippen MR) is 85.6 cm³/mol. The smallest absolute Gasteiger partial charge is 0.338 e. The molecule has 1 atom stereocenters.